The first-order valence-electron chi connectivity index (χ1n) is 11.8. The van der Waals surface area contributed by atoms with Crippen molar-refractivity contribution in [1.82, 2.24) is 19.7 Å². The fourth-order valence-electron chi connectivity index (χ4n) is 4.02. The van der Waals surface area contributed by atoms with E-state index in [4.69, 9.17) is 11.5 Å². The molecule has 2 heterocycles. The first kappa shape index (κ1) is 24.3. The molecule has 9 nitrogen and oxygen atoms in total. The van der Waals surface area contributed by atoms with Gasteiger partial charge < -0.3 is 21.8 Å². The highest BCUT2D eigenvalue weighted by molar-refractivity contribution is 6.05. The normalized spacial score (nSPS) is 11.7. The lowest BCUT2D eigenvalue weighted by Crippen LogP contribution is -2.20. The van der Waals surface area contributed by atoms with Crippen LogP contribution in [0.1, 0.15) is 28.5 Å². The number of para-hydroxylation sites is 2. The van der Waals surface area contributed by atoms with Gasteiger partial charge in [0.2, 0.25) is 0 Å². The third-order valence-electron chi connectivity index (χ3n) is 5.96. The maximum atomic E-state index is 13.2. The Bertz CT molecular complexity index is 1780. The van der Waals surface area contributed by atoms with Gasteiger partial charge in [0.25, 0.3) is 11.5 Å². The number of benzene rings is 3. The summed E-state index contributed by atoms with van der Waals surface area (Å²) in [5, 5.41) is 7.48. The Hall–Kier alpha value is -5.44. The van der Waals surface area contributed by atoms with Crippen LogP contribution in [0, 0.1) is 0 Å². The van der Waals surface area contributed by atoms with Crippen LogP contribution < -0.4 is 22.3 Å². The first-order valence-corrected chi connectivity index (χ1v) is 11.8. The molecule has 0 fully saturated rings. The Balaban J connectivity index is 1.46. The lowest BCUT2D eigenvalue weighted by Gasteiger charge is -2.11. The molecule has 3 aromatic carbocycles. The Morgan fingerprint density at radius 3 is 2.39 bits per heavy atom. The van der Waals surface area contributed by atoms with E-state index in [0.29, 0.717) is 39.4 Å². The van der Waals surface area contributed by atoms with Crippen molar-refractivity contribution in [3.8, 4) is 11.3 Å². The maximum Gasteiger partial charge on any atom is 0.276 e. The quantitative estimate of drug-likeness (QED) is 0.272. The van der Waals surface area contributed by atoms with Crippen molar-refractivity contribution in [2.45, 2.75) is 6.92 Å². The number of amides is 1. The number of aromatic amines is 1. The largest absolute Gasteiger partial charge is 0.397 e. The van der Waals surface area contributed by atoms with Crippen molar-refractivity contribution in [3.63, 3.8) is 0 Å². The van der Waals surface area contributed by atoms with E-state index in [1.165, 1.54) is 0 Å². The predicted octanol–water partition coefficient (Wildman–Crippen LogP) is 4.27. The van der Waals surface area contributed by atoms with Crippen LogP contribution in [0.5, 0.6) is 0 Å². The highest BCUT2D eigenvalue weighted by Crippen LogP contribution is 2.25. The van der Waals surface area contributed by atoms with Gasteiger partial charge in [-0.2, -0.15) is 5.10 Å². The van der Waals surface area contributed by atoms with Crippen LogP contribution in [0.3, 0.4) is 0 Å². The van der Waals surface area contributed by atoms with Gasteiger partial charge in [0, 0.05) is 28.5 Å². The smallest absolute Gasteiger partial charge is 0.276 e. The summed E-state index contributed by atoms with van der Waals surface area (Å²) in [7, 11) is 0. The molecule has 0 atom stereocenters. The third kappa shape index (κ3) is 4.68. The van der Waals surface area contributed by atoms with E-state index in [0.717, 1.165) is 5.56 Å². The summed E-state index contributed by atoms with van der Waals surface area (Å²) in [6.45, 7) is 5.76. The van der Waals surface area contributed by atoms with Crippen LogP contribution in [0.2, 0.25) is 0 Å². The number of carbonyl (C=O) groups is 1. The van der Waals surface area contributed by atoms with Crippen molar-refractivity contribution >= 4 is 39.8 Å². The zero-order chi connectivity index (χ0) is 26.8. The Kier molecular flexibility index (Phi) is 6.32. The van der Waals surface area contributed by atoms with E-state index in [1.54, 1.807) is 60.1 Å². The SMILES string of the molecule is C=C(C)n1nc(-c2ccccc2)cc1NC(=O)c1cccc(/C(N)=C(\N)c2nc3ccccc3[nH]c2=O)c1. The van der Waals surface area contributed by atoms with Crippen LogP contribution in [-0.4, -0.2) is 25.7 Å². The zero-order valence-electron chi connectivity index (χ0n) is 20.6. The summed E-state index contributed by atoms with van der Waals surface area (Å²) in [5.41, 5.74) is 16.6. The summed E-state index contributed by atoms with van der Waals surface area (Å²) in [4.78, 5) is 33.0. The highest BCUT2D eigenvalue weighted by Gasteiger charge is 2.16. The minimum Gasteiger partial charge on any atom is -0.397 e. The molecule has 0 aliphatic heterocycles. The number of nitrogens with zero attached hydrogens (tertiary/aromatic N) is 3. The highest BCUT2D eigenvalue weighted by atomic mass is 16.1. The van der Waals surface area contributed by atoms with Crippen LogP contribution >= 0.6 is 0 Å². The second kappa shape index (κ2) is 9.90. The van der Waals surface area contributed by atoms with Gasteiger partial charge in [0.05, 0.1) is 28.1 Å². The summed E-state index contributed by atoms with van der Waals surface area (Å²) in [6, 6.07) is 25.2. The molecule has 0 unspecified atom stereocenters. The average Bonchev–Trinajstić information content (AvgIpc) is 3.36. The van der Waals surface area contributed by atoms with Crippen LogP contribution in [0.25, 0.3) is 39.4 Å². The number of nitrogens with two attached hydrogens (primary N) is 2. The standard InChI is InChI=1S/C29H25N7O2/c1-17(2)36-24(16-23(35-36)18-9-4-3-5-10-18)34-28(37)20-12-8-11-19(15-20)25(30)26(31)27-29(38)33-22-14-7-6-13-21(22)32-27/h3-16H,1,30-31H2,2H3,(H,33,38)(H,34,37)/b26-25+. The van der Waals surface area contributed by atoms with Gasteiger partial charge in [-0.15, -0.1) is 0 Å². The molecular formula is C29H25N7O2. The van der Waals surface area contributed by atoms with Crippen molar-refractivity contribution in [2.24, 2.45) is 11.5 Å². The molecule has 9 heteroatoms. The van der Waals surface area contributed by atoms with E-state index in [1.807, 2.05) is 36.4 Å². The molecule has 0 aliphatic carbocycles. The lowest BCUT2D eigenvalue weighted by atomic mass is 10.1. The van der Waals surface area contributed by atoms with Gasteiger partial charge >= 0.3 is 0 Å². The van der Waals surface area contributed by atoms with E-state index >= 15 is 0 Å². The zero-order valence-corrected chi connectivity index (χ0v) is 20.6. The summed E-state index contributed by atoms with van der Waals surface area (Å²) < 4.78 is 1.58. The van der Waals surface area contributed by atoms with Gasteiger partial charge in [-0.3, -0.25) is 9.59 Å². The monoisotopic (exact) mass is 503 g/mol. The lowest BCUT2D eigenvalue weighted by molar-refractivity contribution is 0.102. The van der Waals surface area contributed by atoms with Gasteiger partial charge in [-0.1, -0.05) is 61.2 Å². The number of H-pyrrole nitrogens is 1. The number of rotatable bonds is 6. The van der Waals surface area contributed by atoms with E-state index < -0.39 is 5.56 Å². The molecule has 0 radical (unpaired) electrons. The molecule has 38 heavy (non-hydrogen) atoms. The number of anilines is 1. The summed E-state index contributed by atoms with van der Waals surface area (Å²) >= 11 is 0. The van der Waals surface area contributed by atoms with E-state index in [2.05, 4.69) is 27.0 Å². The Morgan fingerprint density at radius 1 is 0.921 bits per heavy atom. The molecule has 0 saturated carbocycles. The Labute approximate surface area is 218 Å². The third-order valence-corrected chi connectivity index (χ3v) is 5.96. The topological polar surface area (TPSA) is 145 Å². The number of fused-ring (bicyclic) bond motifs is 1. The van der Waals surface area contributed by atoms with Crippen molar-refractivity contribution in [3.05, 3.63) is 119 Å². The van der Waals surface area contributed by atoms with Crippen LogP contribution in [-0.2, 0) is 0 Å². The number of aromatic nitrogens is 4. The molecule has 0 aliphatic rings. The molecule has 0 saturated heterocycles. The molecule has 1 amide bonds. The second-order valence-corrected chi connectivity index (χ2v) is 8.72. The van der Waals surface area contributed by atoms with Gasteiger partial charge in [-0.05, 0) is 31.2 Å². The van der Waals surface area contributed by atoms with Crippen molar-refractivity contribution in [2.75, 3.05) is 5.32 Å². The minimum absolute atomic E-state index is 0.00913. The van der Waals surface area contributed by atoms with Gasteiger partial charge in [-0.25, -0.2) is 9.67 Å². The molecule has 0 spiro atoms. The fraction of sp³-hybridized carbons (Fsp3) is 0.0345. The van der Waals surface area contributed by atoms with Gasteiger partial charge in [0.1, 0.15) is 5.82 Å². The van der Waals surface area contributed by atoms with Crippen LogP contribution in [0.15, 0.2) is 96.3 Å². The van der Waals surface area contributed by atoms with E-state index in [-0.39, 0.29) is 23.0 Å². The minimum atomic E-state index is -0.458. The first-order chi connectivity index (χ1) is 18.3. The number of hydrogen-bond donors (Lipinski definition) is 4. The molecule has 188 valence electrons. The summed E-state index contributed by atoms with van der Waals surface area (Å²) in [5.74, 6) is 0.101. The fourth-order valence-corrected chi connectivity index (χ4v) is 4.02. The second-order valence-electron chi connectivity index (χ2n) is 8.72. The number of hydrogen-bond acceptors (Lipinski definition) is 6. The predicted molar refractivity (Wildman–Crippen MR) is 151 cm³/mol. The van der Waals surface area contributed by atoms with Crippen molar-refractivity contribution < 1.29 is 4.79 Å². The molecule has 2 aromatic heterocycles. The number of carbonyl (C=O) groups excluding carboxylic acids is 1. The van der Waals surface area contributed by atoms with Crippen molar-refractivity contribution in [1.29, 1.82) is 0 Å². The average molecular weight is 504 g/mol. The number of allylic oxidation sites excluding steroid dienone is 1. The van der Waals surface area contributed by atoms with Crippen LogP contribution in [0.4, 0.5) is 5.82 Å². The Morgan fingerprint density at radius 2 is 1.63 bits per heavy atom. The maximum absolute atomic E-state index is 13.2. The molecule has 6 N–H and O–H groups in total. The molecule has 0 bridgehead atoms. The molecular weight excluding hydrogens is 478 g/mol. The molecule has 5 aromatic rings. The van der Waals surface area contributed by atoms with E-state index in [9.17, 15) is 9.59 Å². The van der Waals surface area contributed by atoms with Gasteiger partial charge in [0.15, 0.2) is 5.69 Å². The molecule has 5 rings (SSSR count). The summed E-state index contributed by atoms with van der Waals surface area (Å²) in [6.07, 6.45) is 0. The number of nitrogens with one attached hydrogen (secondary N) is 2.